The average molecular weight is 251 g/mol. The van der Waals surface area contributed by atoms with Crippen molar-refractivity contribution in [1.29, 1.82) is 0 Å². The van der Waals surface area contributed by atoms with Crippen LogP contribution in [0.3, 0.4) is 0 Å². The van der Waals surface area contributed by atoms with Gasteiger partial charge in [-0.3, -0.25) is 0 Å². The van der Waals surface area contributed by atoms with E-state index in [9.17, 15) is 0 Å². The molecular formula is C14H25N3O. The lowest BCUT2D eigenvalue weighted by atomic mass is 10.1. The first kappa shape index (κ1) is 14.9. The van der Waals surface area contributed by atoms with Gasteiger partial charge in [-0.05, 0) is 25.7 Å². The van der Waals surface area contributed by atoms with Gasteiger partial charge in [-0.25, -0.2) is 9.97 Å². The first-order chi connectivity index (χ1) is 8.65. The molecule has 0 spiro atoms. The molecule has 0 bridgehead atoms. The molecule has 0 unspecified atom stereocenters. The number of anilines is 1. The summed E-state index contributed by atoms with van der Waals surface area (Å²) in [5, 5.41) is 3.25. The molecular weight excluding hydrogens is 226 g/mol. The molecule has 1 aromatic rings. The number of aromatic nitrogens is 2. The lowest BCUT2D eigenvalue weighted by Gasteiger charge is -2.10. The molecule has 0 aromatic carbocycles. The van der Waals surface area contributed by atoms with Crippen LogP contribution in [-0.4, -0.2) is 23.1 Å². The minimum absolute atomic E-state index is 0.498. The summed E-state index contributed by atoms with van der Waals surface area (Å²) in [5.74, 6) is 2.27. The Bertz CT molecular complexity index is 353. The standard InChI is InChI=1S/C14H25N3O/c1-5-7-18-10-14-16-12(8-11(3)4)9-13(17-14)15-6-2/h9,11H,5-8,10H2,1-4H3,(H,15,16,17). The molecule has 1 rings (SSSR count). The Balaban J connectivity index is 2.77. The molecule has 0 saturated heterocycles. The fourth-order valence-corrected chi connectivity index (χ4v) is 1.72. The molecule has 0 radical (unpaired) electrons. The van der Waals surface area contributed by atoms with Gasteiger partial charge in [-0.1, -0.05) is 20.8 Å². The van der Waals surface area contributed by atoms with Crippen molar-refractivity contribution in [3.05, 3.63) is 17.6 Å². The highest BCUT2D eigenvalue weighted by Gasteiger charge is 2.06. The van der Waals surface area contributed by atoms with Crippen molar-refractivity contribution in [3.63, 3.8) is 0 Å². The first-order valence-electron chi connectivity index (χ1n) is 6.84. The molecule has 0 atom stereocenters. The van der Waals surface area contributed by atoms with Gasteiger partial charge < -0.3 is 10.1 Å². The molecule has 0 aliphatic rings. The second-order valence-electron chi connectivity index (χ2n) is 4.84. The normalized spacial score (nSPS) is 10.9. The molecule has 4 heteroatoms. The van der Waals surface area contributed by atoms with Gasteiger partial charge in [-0.2, -0.15) is 0 Å². The van der Waals surface area contributed by atoms with Gasteiger partial charge in [0.05, 0.1) is 0 Å². The van der Waals surface area contributed by atoms with Crippen molar-refractivity contribution in [2.24, 2.45) is 5.92 Å². The summed E-state index contributed by atoms with van der Waals surface area (Å²) < 4.78 is 5.51. The Kier molecular flexibility index (Phi) is 6.65. The maximum atomic E-state index is 5.51. The van der Waals surface area contributed by atoms with E-state index in [0.717, 1.165) is 43.3 Å². The number of nitrogens with zero attached hydrogens (tertiary/aromatic N) is 2. The predicted octanol–water partition coefficient (Wildman–Crippen LogP) is 3.03. The van der Waals surface area contributed by atoms with Gasteiger partial charge in [0.25, 0.3) is 0 Å². The Morgan fingerprint density at radius 3 is 2.67 bits per heavy atom. The summed E-state index contributed by atoms with van der Waals surface area (Å²) in [5.41, 5.74) is 1.09. The second-order valence-corrected chi connectivity index (χ2v) is 4.84. The number of rotatable bonds is 8. The lowest BCUT2D eigenvalue weighted by molar-refractivity contribution is 0.116. The third-order valence-corrected chi connectivity index (χ3v) is 2.38. The van der Waals surface area contributed by atoms with E-state index >= 15 is 0 Å². The third-order valence-electron chi connectivity index (χ3n) is 2.38. The molecule has 4 nitrogen and oxygen atoms in total. The van der Waals surface area contributed by atoms with Crippen LogP contribution in [0, 0.1) is 5.92 Å². The zero-order valence-electron chi connectivity index (χ0n) is 12.0. The topological polar surface area (TPSA) is 47.0 Å². The zero-order chi connectivity index (χ0) is 13.4. The van der Waals surface area contributed by atoms with Crippen molar-refractivity contribution < 1.29 is 4.74 Å². The maximum Gasteiger partial charge on any atom is 0.156 e. The van der Waals surface area contributed by atoms with E-state index in [0.29, 0.717) is 12.5 Å². The van der Waals surface area contributed by atoms with Gasteiger partial charge in [0, 0.05) is 24.9 Å². The molecule has 1 aromatic heterocycles. The average Bonchev–Trinajstić information content (AvgIpc) is 2.28. The molecule has 0 fully saturated rings. The summed E-state index contributed by atoms with van der Waals surface area (Å²) in [4.78, 5) is 9.01. The van der Waals surface area contributed by atoms with Gasteiger partial charge in [0.15, 0.2) is 5.82 Å². The van der Waals surface area contributed by atoms with E-state index in [-0.39, 0.29) is 0 Å². The summed E-state index contributed by atoms with van der Waals surface area (Å²) in [6.07, 6.45) is 1.99. The van der Waals surface area contributed by atoms with Crippen LogP contribution in [0.15, 0.2) is 6.07 Å². The lowest BCUT2D eigenvalue weighted by Crippen LogP contribution is -2.09. The monoisotopic (exact) mass is 251 g/mol. The van der Waals surface area contributed by atoms with E-state index in [4.69, 9.17) is 4.74 Å². The van der Waals surface area contributed by atoms with E-state index in [2.05, 4.69) is 43.0 Å². The minimum atomic E-state index is 0.498. The molecule has 18 heavy (non-hydrogen) atoms. The summed E-state index contributed by atoms with van der Waals surface area (Å²) in [6, 6.07) is 2.03. The predicted molar refractivity (Wildman–Crippen MR) is 74.7 cm³/mol. The molecule has 0 aliphatic heterocycles. The van der Waals surface area contributed by atoms with Crippen LogP contribution in [-0.2, 0) is 17.8 Å². The van der Waals surface area contributed by atoms with Crippen LogP contribution in [0.1, 0.15) is 45.6 Å². The number of hydrogen-bond donors (Lipinski definition) is 1. The smallest absolute Gasteiger partial charge is 0.156 e. The van der Waals surface area contributed by atoms with Crippen LogP contribution >= 0.6 is 0 Å². The maximum absolute atomic E-state index is 5.51. The van der Waals surface area contributed by atoms with Gasteiger partial charge in [0.2, 0.25) is 0 Å². The highest BCUT2D eigenvalue weighted by atomic mass is 16.5. The summed E-state index contributed by atoms with van der Waals surface area (Å²) >= 11 is 0. The van der Waals surface area contributed by atoms with Crippen LogP contribution in [0.25, 0.3) is 0 Å². The Labute approximate surface area is 110 Å². The van der Waals surface area contributed by atoms with Crippen LogP contribution < -0.4 is 5.32 Å². The van der Waals surface area contributed by atoms with E-state index < -0.39 is 0 Å². The Morgan fingerprint density at radius 2 is 2.06 bits per heavy atom. The third kappa shape index (κ3) is 5.45. The van der Waals surface area contributed by atoms with E-state index in [1.165, 1.54) is 0 Å². The molecule has 0 amide bonds. The Morgan fingerprint density at radius 1 is 1.28 bits per heavy atom. The fourth-order valence-electron chi connectivity index (χ4n) is 1.72. The van der Waals surface area contributed by atoms with Gasteiger partial charge in [-0.15, -0.1) is 0 Å². The first-order valence-corrected chi connectivity index (χ1v) is 6.84. The van der Waals surface area contributed by atoms with Crippen LogP contribution in [0.4, 0.5) is 5.82 Å². The van der Waals surface area contributed by atoms with E-state index in [1.807, 2.05) is 6.07 Å². The fraction of sp³-hybridized carbons (Fsp3) is 0.714. The minimum Gasteiger partial charge on any atom is -0.373 e. The van der Waals surface area contributed by atoms with Gasteiger partial charge in [0.1, 0.15) is 12.4 Å². The number of ether oxygens (including phenoxy) is 1. The van der Waals surface area contributed by atoms with E-state index in [1.54, 1.807) is 0 Å². The van der Waals surface area contributed by atoms with Gasteiger partial charge >= 0.3 is 0 Å². The molecule has 1 heterocycles. The highest BCUT2D eigenvalue weighted by Crippen LogP contribution is 2.11. The summed E-state index contributed by atoms with van der Waals surface area (Å²) in [6.45, 7) is 10.7. The highest BCUT2D eigenvalue weighted by molar-refractivity contribution is 5.36. The zero-order valence-corrected chi connectivity index (χ0v) is 12.0. The Hall–Kier alpha value is -1.16. The van der Waals surface area contributed by atoms with Crippen molar-refractivity contribution in [2.75, 3.05) is 18.5 Å². The van der Waals surface area contributed by atoms with Crippen molar-refractivity contribution in [1.82, 2.24) is 9.97 Å². The molecule has 102 valence electrons. The number of hydrogen-bond acceptors (Lipinski definition) is 4. The second kappa shape index (κ2) is 8.03. The SMILES string of the molecule is CCCOCc1nc(CC(C)C)cc(NCC)n1. The molecule has 0 aliphatic carbocycles. The van der Waals surface area contributed by atoms with Crippen molar-refractivity contribution >= 4 is 5.82 Å². The van der Waals surface area contributed by atoms with Crippen molar-refractivity contribution in [2.45, 2.75) is 47.1 Å². The van der Waals surface area contributed by atoms with Crippen LogP contribution in [0.2, 0.25) is 0 Å². The van der Waals surface area contributed by atoms with Crippen molar-refractivity contribution in [3.8, 4) is 0 Å². The molecule has 0 saturated carbocycles. The largest absolute Gasteiger partial charge is 0.373 e. The summed E-state index contributed by atoms with van der Waals surface area (Å²) in [7, 11) is 0. The number of nitrogens with one attached hydrogen (secondary N) is 1. The molecule has 1 N–H and O–H groups in total. The quantitative estimate of drug-likeness (QED) is 0.721. The van der Waals surface area contributed by atoms with Crippen LogP contribution in [0.5, 0.6) is 0 Å².